The summed E-state index contributed by atoms with van der Waals surface area (Å²) in [6.45, 7) is -1.47. The zero-order valence-corrected chi connectivity index (χ0v) is 10.2. The minimum absolute atomic E-state index is 0.230. The van der Waals surface area contributed by atoms with E-state index in [1.54, 1.807) is 0 Å². The summed E-state index contributed by atoms with van der Waals surface area (Å²) in [5.41, 5.74) is -5.71. The number of ether oxygens (including phenoxy) is 1. The van der Waals surface area contributed by atoms with Crippen molar-refractivity contribution in [1.82, 2.24) is 9.55 Å². The molecule has 1 aliphatic heterocycles. The molecule has 0 aliphatic carbocycles. The van der Waals surface area contributed by atoms with E-state index < -0.39 is 54.2 Å². The highest BCUT2D eigenvalue weighted by atomic mass is 19.3. The first-order chi connectivity index (χ1) is 9.74. The molecule has 4 atom stereocenters. The average Bonchev–Trinajstić information content (AvgIpc) is 2.68. The Hall–Kier alpha value is -1.72. The van der Waals surface area contributed by atoms with Crippen LogP contribution in [-0.4, -0.2) is 50.7 Å². The van der Waals surface area contributed by atoms with Crippen LogP contribution in [0.5, 0.6) is 0 Å². The molecule has 11 heteroatoms. The van der Waals surface area contributed by atoms with Crippen LogP contribution < -0.4 is 11.2 Å². The van der Waals surface area contributed by atoms with E-state index in [0.29, 0.717) is 6.20 Å². The quantitative estimate of drug-likeness (QED) is 0.614. The molecule has 7 nitrogen and oxygen atoms in total. The van der Waals surface area contributed by atoms with Crippen molar-refractivity contribution in [3.05, 3.63) is 32.9 Å². The van der Waals surface area contributed by atoms with Crippen LogP contribution in [0.4, 0.5) is 17.6 Å². The minimum atomic E-state index is -3.51. The van der Waals surface area contributed by atoms with Crippen molar-refractivity contribution in [2.45, 2.75) is 30.5 Å². The smallest absolute Gasteiger partial charge is 0.330 e. The molecule has 118 valence electrons. The Kier molecular flexibility index (Phi) is 3.91. The van der Waals surface area contributed by atoms with Crippen LogP contribution in [0.3, 0.4) is 0 Å². The van der Waals surface area contributed by atoms with Gasteiger partial charge in [-0.3, -0.25) is 14.3 Å². The fourth-order valence-corrected chi connectivity index (χ4v) is 2.03. The second kappa shape index (κ2) is 5.24. The number of nitrogens with one attached hydrogen (secondary N) is 1. The van der Waals surface area contributed by atoms with Crippen molar-refractivity contribution in [1.29, 1.82) is 0 Å². The van der Waals surface area contributed by atoms with Gasteiger partial charge in [0.1, 0.15) is 6.10 Å². The lowest BCUT2D eigenvalue weighted by molar-refractivity contribution is -0.186. The van der Waals surface area contributed by atoms with E-state index in [9.17, 15) is 32.3 Å². The van der Waals surface area contributed by atoms with E-state index in [-0.39, 0.29) is 4.57 Å². The minimum Gasteiger partial charge on any atom is -0.393 e. The molecule has 1 fully saturated rings. The van der Waals surface area contributed by atoms with E-state index in [0.717, 1.165) is 0 Å². The summed E-state index contributed by atoms with van der Waals surface area (Å²) in [6.07, 6.45) is -10.2. The van der Waals surface area contributed by atoms with Gasteiger partial charge in [0.2, 0.25) is 5.82 Å². The number of alkyl halides is 3. The first kappa shape index (κ1) is 15.7. The maximum atomic E-state index is 13.8. The number of hydrogen-bond donors (Lipinski definition) is 3. The van der Waals surface area contributed by atoms with Gasteiger partial charge in [-0.15, -0.1) is 0 Å². The van der Waals surface area contributed by atoms with Crippen LogP contribution in [0.25, 0.3) is 0 Å². The van der Waals surface area contributed by atoms with Gasteiger partial charge in [0, 0.05) is 0 Å². The molecular formula is C10H10F4N2O5. The molecule has 21 heavy (non-hydrogen) atoms. The molecule has 0 saturated carbocycles. The molecule has 1 aromatic heterocycles. The summed E-state index contributed by atoms with van der Waals surface area (Å²) >= 11 is 0. The maximum Gasteiger partial charge on any atom is 0.330 e. The second-order valence-electron chi connectivity index (χ2n) is 4.46. The molecule has 3 N–H and O–H groups in total. The standard InChI is InChI=1S/C10H10F4N2O5/c11-3-1-16(9(20)15-6(3)19)7-4(18)5(12)10(2-17,21-7)8(13)14/h1,4-5,7-8,17-18H,2H2,(H,15,19,20)/t4-,5-,7-,10-/m1/s1. The highest BCUT2D eigenvalue weighted by Crippen LogP contribution is 2.42. The van der Waals surface area contributed by atoms with Crippen molar-refractivity contribution in [2.75, 3.05) is 6.61 Å². The molecule has 0 bridgehead atoms. The molecule has 0 unspecified atom stereocenters. The van der Waals surface area contributed by atoms with Crippen molar-refractivity contribution >= 4 is 0 Å². The molecule has 2 rings (SSSR count). The summed E-state index contributed by atoms with van der Waals surface area (Å²) < 4.78 is 57.6. The highest BCUT2D eigenvalue weighted by Gasteiger charge is 2.61. The lowest BCUT2D eigenvalue weighted by Gasteiger charge is -2.27. The van der Waals surface area contributed by atoms with Crippen molar-refractivity contribution < 1.29 is 32.5 Å². The Labute approximate surface area is 113 Å². The summed E-state index contributed by atoms with van der Waals surface area (Å²) in [5.74, 6) is -1.46. The molecule has 0 spiro atoms. The predicted octanol–water partition coefficient (Wildman–Crippen LogP) is -1.10. The molecular weight excluding hydrogens is 304 g/mol. The number of aromatic amines is 1. The summed E-state index contributed by atoms with van der Waals surface area (Å²) in [7, 11) is 0. The van der Waals surface area contributed by atoms with Crippen LogP contribution >= 0.6 is 0 Å². The van der Waals surface area contributed by atoms with Gasteiger partial charge >= 0.3 is 5.69 Å². The third-order valence-electron chi connectivity index (χ3n) is 3.21. The molecule has 1 saturated heterocycles. The Morgan fingerprint density at radius 1 is 1.48 bits per heavy atom. The average molecular weight is 314 g/mol. The second-order valence-corrected chi connectivity index (χ2v) is 4.46. The Morgan fingerprint density at radius 3 is 2.57 bits per heavy atom. The van der Waals surface area contributed by atoms with Gasteiger partial charge in [-0.25, -0.2) is 18.0 Å². The molecule has 2 heterocycles. The highest BCUT2D eigenvalue weighted by molar-refractivity contribution is 5.04. The lowest BCUT2D eigenvalue weighted by Crippen LogP contribution is -2.50. The lowest BCUT2D eigenvalue weighted by atomic mass is 9.98. The number of aliphatic hydroxyl groups excluding tert-OH is 2. The van der Waals surface area contributed by atoms with Gasteiger partial charge in [0.05, 0.1) is 12.8 Å². The van der Waals surface area contributed by atoms with E-state index in [1.165, 1.54) is 4.98 Å². The number of halogens is 4. The number of rotatable bonds is 3. The number of aliphatic hydroxyl groups is 2. The fraction of sp³-hybridized carbons (Fsp3) is 0.600. The van der Waals surface area contributed by atoms with Crippen LogP contribution in [0.15, 0.2) is 15.8 Å². The Bertz CT molecular complexity index is 647. The monoisotopic (exact) mass is 314 g/mol. The van der Waals surface area contributed by atoms with E-state index in [2.05, 4.69) is 4.74 Å². The number of aromatic nitrogens is 2. The topological polar surface area (TPSA) is 105 Å². The third kappa shape index (κ3) is 2.26. The maximum absolute atomic E-state index is 13.8. The Balaban J connectivity index is 2.50. The summed E-state index contributed by atoms with van der Waals surface area (Å²) in [4.78, 5) is 23.8. The third-order valence-corrected chi connectivity index (χ3v) is 3.21. The zero-order valence-electron chi connectivity index (χ0n) is 10.2. The van der Waals surface area contributed by atoms with E-state index >= 15 is 0 Å². The van der Waals surface area contributed by atoms with Crippen LogP contribution in [0, 0.1) is 5.82 Å². The Morgan fingerprint density at radius 2 is 2.10 bits per heavy atom. The van der Waals surface area contributed by atoms with Crippen molar-refractivity contribution in [3.8, 4) is 0 Å². The number of H-pyrrole nitrogens is 1. The van der Waals surface area contributed by atoms with Gasteiger partial charge in [-0.2, -0.15) is 4.39 Å². The first-order valence-electron chi connectivity index (χ1n) is 5.64. The van der Waals surface area contributed by atoms with Gasteiger partial charge < -0.3 is 14.9 Å². The largest absolute Gasteiger partial charge is 0.393 e. The molecule has 0 radical (unpaired) electrons. The van der Waals surface area contributed by atoms with Crippen LogP contribution in [-0.2, 0) is 4.74 Å². The van der Waals surface area contributed by atoms with E-state index in [4.69, 9.17) is 5.11 Å². The molecule has 0 amide bonds. The molecule has 1 aliphatic rings. The van der Waals surface area contributed by atoms with Gasteiger partial charge in [0.25, 0.3) is 12.0 Å². The van der Waals surface area contributed by atoms with Gasteiger partial charge in [-0.1, -0.05) is 0 Å². The SMILES string of the molecule is O=c1[nH]c(=O)n([C@@H]2O[C@@](CO)(C(F)F)[C@H](F)[C@H]2O)cc1F. The van der Waals surface area contributed by atoms with Gasteiger partial charge in [0.15, 0.2) is 18.0 Å². The first-order valence-corrected chi connectivity index (χ1v) is 5.64. The van der Waals surface area contributed by atoms with E-state index in [1.807, 2.05) is 0 Å². The summed E-state index contributed by atoms with van der Waals surface area (Å²) in [5, 5.41) is 18.5. The zero-order chi connectivity index (χ0) is 15.9. The predicted molar refractivity (Wildman–Crippen MR) is 58.1 cm³/mol. The summed E-state index contributed by atoms with van der Waals surface area (Å²) in [6, 6.07) is 0. The van der Waals surface area contributed by atoms with Crippen LogP contribution in [0.2, 0.25) is 0 Å². The normalized spacial score (nSPS) is 32.8. The van der Waals surface area contributed by atoms with Crippen LogP contribution in [0.1, 0.15) is 6.23 Å². The fourth-order valence-electron chi connectivity index (χ4n) is 2.03. The van der Waals surface area contributed by atoms with Crippen molar-refractivity contribution in [3.63, 3.8) is 0 Å². The molecule has 1 aromatic rings. The number of hydrogen-bond acceptors (Lipinski definition) is 5. The molecule has 0 aromatic carbocycles. The van der Waals surface area contributed by atoms with Gasteiger partial charge in [-0.05, 0) is 0 Å². The number of nitrogens with zero attached hydrogens (tertiary/aromatic N) is 1. The van der Waals surface area contributed by atoms with Crippen molar-refractivity contribution in [2.24, 2.45) is 0 Å².